The largest absolute Gasteiger partial charge is 0.479 e. The van der Waals surface area contributed by atoms with Crippen LogP contribution in [0.3, 0.4) is 0 Å². The lowest BCUT2D eigenvalue weighted by atomic mass is 9.78. The summed E-state index contributed by atoms with van der Waals surface area (Å²) in [6.07, 6.45) is 5.89. The van der Waals surface area contributed by atoms with E-state index in [1.165, 1.54) is 24.2 Å². The van der Waals surface area contributed by atoms with E-state index in [4.69, 9.17) is 14.0 Å². The quantitative estimate of drug-likeness (QED) is 0.411. The van der Waals surface area contributed by atoms with Gasteiger partial charge in [-0.15, -0.1) is 0 Å². The number of ether oxygens (including phenoxy) is 2. The van der Waals surface area contributed by atoms with Gasteiger partial charge in [0.2, 0.25) is 0 Å². The van der Waals surface area contributed by atoms with Crippen LogP contribution in [0.5, 0.6) is 11.1 Å². The molecule has 7 nitrogen and oxygen atoms in total. The van der Waals surface area contributed by atoms with E-state index in [9.17, 15) is 13.6 Å². The van der Waals surface area contributed by atoms with E-state index < -0.39 is 13.0 Å². The summed E-state index contributed by atoms with van der Waals surface area (Å²) in [6, 6.07) is 1.73. The molecule has 2 aliphatic rings. The molecule has 1 saturated carbocycles. The van der Waals surface area contributed by atoms with Gasteiger partial charge in [0.25, 0.3) is 17.5 Å². The van der Waals surface area contributed by atoms with Gasteiger partial charge in [0.1, 0.15) is 11.5 Å². The molecule has 0 bridgehead atoms. The highest BCUT2D eigenvalue weighted by Crippen LogP contribution is 2.34. The first-order valence-corrected chi connectivity index (χ1v) is 12.9. The van der Waals surface area contributed by atoms with Crippen molar-refractivity contribution < 1.29 is 27.6 Å². The zero-order chi connectivity index (χ0) is 23.9. The molecule has 3 heterocycles. The number of carbonyl (C=O) groups is 1. The van der Waals surface area contributed by atoms with E-state index in [0.717, 1.165) is 55.9 Å². The number of rotatable bonds is 12. The monoisotopic (exact) mass is 497 g/mol. The minimum absolute atomic E-state index is 0.295. The number of fused-ring (bicyclic) bond motifs is 1. The smallest absolute Gasteiger partial charge is 0.273 e. The Kier molecular flexibility index (Phi) is 8.88. The molecule has 0 atom stereocenters. The molecule has 2 aromatic rings. The Bertz CT molecular complexity index is 927. The van der Waals surface area contributed by atoms with Crippen LogP contribution in [0.1, 0.15) is 61.3 Å². The third-order valence-corrected chi connectivity index (χ3v) is 7.92. The Morgan fingerprint density at radius 2 is 2.09 bits per heavy atom. The molecule has 1 aliphatic heterocycles. The average molecular weight is 498 g/mol. The van der Waals surface area contributed by atoms with Crippen LogP contribution >= 0.6 is 11.3 Å². The third kappa shape index (κ3) is 7.21. The molecule has 1 aliphatic carbocycles. The van der Waals surface area contributed by atoms with Gasteiger partial charge in [-0.1, -0.05) is 24.2 Å². The first kappa shape index (κ1) is 25.0. The van der Waals surface area contributed by atoms with Crippen molar-refractivity contribution in [2.24, 2.45) is 11.8 Å². The topological polar surface area (TPSA) is 77.7 Å². The second-order valence-corrected chi connectivity index (χ2v) is 10.4. The lowest BCUT2D eigenvalue weighted by Gasteiger charge is -2.31. The van der Waals surface area contributed by atoms with E-state index in [0.29, 0.717) is 53.7 Å². The van der Waals surface area contributed by atoms with Crippen molar-refractivity contribution in [3.63, 3.8) is 0 Å². The van der Waals surface area contributed by atoms with Gasteiger partial charge in [0.15, 0.2) is 6.61 Å². The molecule has 0 unspecified atom stereocenters. The average Bonchev–Trinajstić information content (AvgIpc) is 3.47. The van der Waals surface area contributed by atoms with Crippen LogP contribution in [-0.4, -0.2) is 54.1 Å². The predicted octanol–water partition coefficient (Wildman–Crippen LogP) is 4.93. The van der Waals surface area contributed by atoms with E-state index in [2.05, 4.69) is 15.0 Å². The van der Waals surface area contributed by atoms with Crippen molar-refractivity contribution >= 4 is 17.1 Å². The molecule has 0 N–H and O–H groups in total. The van der Waals surface area contributed by atoms with Gasteiger partial charge in [-0.25, -0.2) is 13.8 Å². The number of carbonyl (C=O) groups excluding carboxylic acids is 1. The molecular weight excluding hydrogens is 464 g/mol. The molecule has 0 spiro atoms. The molecule has 0 saturated heterocycles. The van der Waals surface area contributed by atoms with Crippen LogP contribution in [0.4, 0.5) is 8.78 Å². The Morgan fingerprint density at radius 3 is 2.82 bits per heavy atom. The van der Waals surface area contributed by atoms with Gasteiger partial charge in [-0.2, -0.15) is 0 Å². The van der Waals surface area contributed by atoms with Gasteiger partial charge >= 0.3 is 0 Å². The molecule has 4 rings (SSSR count). The molecular formula is C24H33F2N3O4S. The second-order valence-electron chi connectivity index (χ2n) is 9.33. The lowest BCUT2D eigenvalue weighted by Crippen LogP contribution is -2.32. The van der Waals surface area contributed by atoms with Gasteiger partial charge in [-0.05, 0) is 49.2 Å². The summed E-state index contributed by atoms with van der Waals surface area (Å²) in [5.74, 6) is 2.62. The number of alkyl halides is 2. The summed E-state index contributed by atoms with van der Waals surface area (Å²) in [7, 11) is 1.54. The van der Waals surface area contributed by atoms with E-state index >= 15 is 0 Å². The summed E-state index contributed by atoms with van der Waals surface area (Å²) >= 11 is 1.40. The van der Waals surface area contributed by atoms with E-state index in [-0.39, 0.29) is 0 Å². The Morgan fingerprint density at radius 1 is 1.29 bits per heavy atom. The number of aromatic nitrogens is 2. The van der Waals surface area contributed by atoms with Gasteiger partial charge in [0, 0.05) is 43.3 Å². The summed E-state index contributed by atoms with van der Waals surface area (Å²) in [5.41, 5.74) is 0.978. The Labute approximate surface area is 202 Å². The second kappa shape index (κ2) is 12.1. The molecule has 2 aromatic heterocycles. The Balaban J connectivity index is 1.11. The lowest BCUT2D eigenvalue weighted by molar-refractivity contribution is -0.120. The molecule has 0 amide bonds. The zero-order valence-corrected chi connectivity index (χ0v) is 20.5. The highest BCUT2D eigenvalue weighted by Gasteiger charge is 2.26. The molecule has 0 radical (unpaired) electrons. The minimum Gasteiger partial charge on any atom is -0.479 e. The number of thiazole rings is 1. The van der Waals surface area contributed by atoms with Crippen molar-refractivity contribution in [2.75, 3.05) is 26.8 Å². The zero-order valence-electron chi connectivity index (χ0n) is 19.6. The third-order valence-electron chi connectivity index (χ3n) is 6.85. The molecule has 188 valence electrons. The number of hydrogen-bond acceptors (Lipinski definition) is 8. The van der Waals surface area contributed by atoms with Crippen LogP contribution in [0.25, 0.3) is 0 Å². The van der Waals surface area contributed by atoms with Gasteiger partial charge < -0.3 is 14.0 Å². The molecule has 0 aromatic carbocycles. The SMILES string of the molecule is COc1cc(CCC(=O)CC2CCC(CCN3CCc4sc(OCC(F)F)nc4C3)CC2)on1. The standard InChI is InChI=1S/C24H33F2N3O4S/c1-31-23-13-19(33-28-23)7-6-18(30)12-17-4-2-16(3-5-17)8-10-29-11-9-21-20(14-29)27-24(34-21)32-15-22(25)26/h13,16-17,22H,2-12,14-15H2,1H3. The molecule has 10 heteroatoms. The summed E-state index contributed by atoms with van der Waals surface area (Å²) in [5, 5.41) is 4.13. The normalized spacial score (nSPS) is 20.9. The van der Waals surface area contributed by atoms with Gasteiger partial charge in [0.05, 0.1) is 12.8 Å². The van der Waals surface area contributed by atoms with Crippen molar-refractivity contribution in [1.29, 1.82) is 0 Å². The van der Waals surface area contributed by atoms with Crippen molar-refractivity contribution in [2.45, 2.75) is 70.8 Å². The fraction of sp³-hybridized carbons (Fsp3) is 0.708. The predicted molar refractivity (Wildman–Crippen MR) is 124 cm³/mol. The summed E-state index contributed by atoms with van der Waals surface area (Å²) in [6.45, 7) is 2.18. The fourth-order valence-corrected chi connectivity index (χ4v) is 5.81. The first-order chi connectivity index (χ1) is 16.5. The summed E-state index contributed by atoms with van der Waals surface area (Å²) in [4.78, 5) is 20.4. The van der Waals surface area contributed by atoms with E-state index in [1.54, 1.807) is 13.2 Å². The Hall–Kier alpha value is -2.07. The minimum atomic E-state index is -2.48. The van der Waals surface area contributed by atoms with Crippen molar-refractivity contribution in [3.05, 3.63) is 22.4 Å². The number of methoxy groups -OCH3 is 1. The van der Waals surface area contributed by atoms with Crippen molar-refractivity contribution in [1.82, 2.24) is 15.0 Å². The number of Topliss-reactive ketones (excluding diaryl/α,β-unsaturated/α-hetero) is 1. The number of nitrogens with zero attached hydrogens (tertiary/aromatic N) is 3. The van der Waals surface area contributed by atoms with Crippen LogP contribution in [0, 0.1) is 11.8 Å². The van der Waals surface area contributed by atoms with E-state index in [1.807, 2.05) is 0 Å². The number of halogens is 2. The van der Waals surface area contributed by atoms with Gasteiger partial charge in [-0.3, -0.25) is 9.69 Å². The maximum Gasteiger partial charge on any atom is 0.273 e. The number of ketones is 1. The highest BCUT2D eigenvalue weighted by atomic mass is 32.1. The number of aryl methyl sites for hydroxylation is 1. The van der Waals surface area contributed by atoms with Crippen LogP contribution < -0.4 is 9.47 Å². The molecule has 1 fully saturated rings. The highest BCUT2D eigenvalue weighted by molar-refractivity contribution is 7.13. The van der Waals surface area contributed by atoms with Crippen LogP contribution in [-0.2, 0) is 24.2 Å². The maximum atomic E-state index is 12.4. The first-order valence-electron chi connectivity index (χ1n) is 12.1. The van der Waals surface area contributed by atoms with Crippen LogP contribution in [0.15, 0.2) is 10.6 Å². The maximum absolute atomic E-state index is 12.4. The molecule has 34 heavy (non-hydrogen) atoms. The van der Waals surface area contributed by atoms with Crippen LogP contribution in [0.2, 0.25) is 0 Å². The van der Waals surface area contributed by atoms with Crippen molar-refractivity contribution in [3.8, 4) is 11.1 Å². The summed E-state index contributed by atoms with van der Waals surface area (Å²) < 4.78 is 40.0. The fourth-order valence-electron chi connectivity index (χ4n) is 4.90. The number of hydrogen-bond donors (Lipinski definition) is 0.